The third-order valence-corrected chi connectivity index (χ3v) is 3.16. The molecule has 0 aliphatic carbocycles. The van der Waals surface area contributed by atoms with Gasteiger partial charge in [0.05, 0.1) is 0 Å². The van der Waals surface area contributed by atoms with Gasteiger partial charge < -0.3 is 10.6 Å². The first-order valence-electron chi connectivity index (χ1n) is 5.48. The lowest BCUT2D eigenvalue weighted by atomic mass is 10.1. The van der Waals surface area contributed by atoms with Crippen molar-refractivity contribution >= 4 is 5.69 Å². The van der Waals surface area contributed by atoms with Gasteiger partial charge in [-0.25, -0.2) is 4.39 Å². The van der Waals surface area contributed by atoms with E-state index >= 15 is 0 Å². The Labute approximate surface area is 89.9 Å². The van der Waals surface area contributed by atoms with Gasteiger partial charge in [-0.3, -0.25) is 0 Å². The van der Waals surface area contributed by atoms with Crippen LogP contribution in [0.4, 0.5) is 10.1 Å². The average molecular weight is 208 g/mol. The maximum atomic E-state index is 13.5. The molecule has 1 unspecified atom stereocenters. The summed E-state index contributed by atoms with van der Waals surface area (Å²) in [5.41, 5.74) is 7.22. The molecule has 0 spiro atoms. The molecule has 1 fully saturated rings. The number of nitrogens with two attached hydrogens (primary N) is 1. The van der Waals surface area contributed by atoms with Crippen LogP contribution in [0, 0.1) is 5.82 Å². The maximum Gasteiger partial charge on any atom is 0.129 e. The van der Waals surface area contributed by atoms with Gasteiger partial charge in [-0.2, -0.15) is 0 Å². The van der Waals surface area contributed by atoms with Crippen molar-refractivity contribution in [2.75, 3.05) is 11.4 Å². The van der Waals surface area contributed by atoms with Crippen molar-refractivity contribution in [1.29, 1.82) is 0 Å². The number of rotatable bonds is 2. The second-order valence-electron chi connectivity index (χ2n) is 4.13. The van der Waals surface area contributed by atoms with Crippen LogP contribution in [-0.2, 0) is 6.54 Å². The van der Waals surface area contributed by atoms with Crippen molar-refractivity contribution in [3.8, 4) is 0 Å². The molecule has 1 atom stereocenters. The smallest absolute Gasteiger partial charge is 0.129 e. The Balaban J connectivity index is 2.38. The normalized spacial score (nSPS) is 21.0. The first kappa shape index (κ1) is 10.4. The van der Waals surface area contributed by atoms with Gasteiger partial charge in [-0.15, -0.1) is 0 Å². The lowest BCUT2D eigenvalue weighted by Crippen LogP contribution is -2.28. The zero-order chi connectivity index (χ0) is 10.8. The maximum absolute atomic E-state index is 13.5. The SMILES string of the molecule is CC1CCCN1c1cccc(F)c1CN. The van der Waals surface area contributed by atoms with E-state index in [1.807, 2.05) is 6.07 Å². The van der Waals surface area contributed by atoms with Gasteiger partial charge in [-0.1, -0.05) is 6.07 Å². The minimum atomic E-state index is -0.186. The summed E-state index contributed by atoms with van der Waals surface area (Å²) in [7, 11) is 0. The van der Waals surface area contributed by atoms with E-state index in [0.29, 0.717) is 11.6 Å². The Hall–Kier alpha value is -1.09. The fourth-order valence-corrected chi connectivity index (χ4v) is 2.31. The molecule has 0 amide bonds. The highest BCUT2D eigenvalue weighted by molar-refractivity contribution is 5.55. The Bertz CT molecular complexity index is 351. The van der Waals surface area contributed by atoms with Crippen molar-refractivity contribution in [2.45, 2.75) is 32.4 Å². The third kappa shape index (κ3) is 1.84. The van der Waals surface area contributed by atoms with Crippen LogP contribution < -0.4 is 10.6 Å². The minimum absolute atomic E-state index is 0.186. The van der Waals surface area contributed by atoms with Gasteiger partial charge in [0.1, 0.15) is 5.82 Å². The van der Waals surface area contributed by atoms with E-state index in [1.165, 1.54) is 18.9 Å². The van der Waals surface area contributed by atoms with Gasteiger partial charge in [0.2, 0.25) is 0 Å². The molecule has 1 aromatic rings. The molecule has 0 radical (unpaired) electrons. The number of nitrogens with zero attached hydrogens (tertiary/aromatic N) is 1. The molecule has 82 valence electrons. The highest BCUT2D eigenvalue weighted by atomic mass is 19.1. The van der Waals surface area contributed by atoms with Crippen LogP contribution in [-0.4, -0.2) is 12.6 Å². The standard InChI is InChI=1S/C12H17FN2/c1-9-4-3-7-15(9)12-6-2-5-11(13)10(12)8-14/h2,5-6,9H,3-4,7-8,14H2,1H3. The Kier molecular flexibility index (Phi) is 2.91. The third-order valence-electron chi connectivity index (χ3n) is 3.16. The predicted molar refractivity (Wildman–Crippen MR) is 60.3 cm³/mol. The number of benzene rings is 1. The van der Waals surface area contributed by atoms with Gasteiger partial charge in [-0.05, 0) is 31.9 Å². The monoisotopic (exact) mass is 208 g/mol. The summed E-state index contributed by atoms with van der Waals surface area (Å²) in [6.45, 7) is 3.46. The first-order chi connectivity index (χ1) is 7.24. The first-order valence-corrected chi connectivity index (χ1v) is 5.48. The molecule has 2 N–H and O–H groups in total. The van der Waals surface area contributed by atoms with Crippen LogP contribution in [0.1, 0.15) is 25.3 Å². The Morgan fingerprint density at radius 2 is 2.33 bits per heavy atom. The molecule has 2 rings (SSSR count). The molecule has 1 aliphatic heterocycles. The van der Waals surface area contributed by atoms with E-state index in [1.54, 1.807) is 6.07 Å². The summed E-state index contributed by atoms with van der Waals surface area (Å²) in [4.78, 5) is 2.26. The largest absolute Gasteiger partial charge is 0.368 e. The van der Waals surface area contributed by atoms with Gasteiger partial charge in [0.25, 0.3) is 0 Å². The van der Waals surface area contributed by atoms with Crippen molar-refractivity contribution in [3.63, 3.8) is 0 Å². The quantitative estimate of drug-likeness (QED) is 0.807. The Morgan fingerprint density at radius 3 is 2.93 bits per heavy atom. The molecule has 15 heavy (non-hydrogen) atoms. The molecule has 0 bridgehead atoms. The van der Waals surface area contributed by atoms with Crippen LogP contribution in [0.15, 0.2) is 18.2 Å². The summed E-state index contributed by atoms with van der Waals surface area (Å²) in [5.74, 6) is -0.186. The molecule has 2 nitrogen and oxygen atoms in total. The number of halogens is 1. The summed E-state index contributed by atoms with van der Waals surface area (Å²) < 4.78 is 13.5. The van der Waals surface area contributed by atoms with Crippen molar-refractivity contribution in [2.24, 2.45) is 5.73 Å². The average Bonchev–Trinajstić information content (AvgIpc) is 2.64. The van der Waals surface area contributed by atoms with Crippen LogP contribution in [0.25, 0.3) is 0 Å². The fourth-order valence-electron chi connectivity index (χ4n) is 2.31. The zero-order valence-corrected chi connectivity index (χ0v) is 9.04. The van der Waals surface area contributed by atoms with Crippen LogP contribution in [0.2, 0.25) is 0 Å². The lowest BCUT2D eigenvalue weighted by molar-refractivity contribution is 0.608. The van der Waals surface area contributed by atoms with Crippen LogP contribution in [0.5, 0.6) is 0 Å². The number of anilines is 1. The van der Waals surface area contributed by atoms with E-state index in [-0.39, 0.29) is 12.4 Å². The highest BCUT2D eigenvalue weighted by Crippen LogP contribution is 2.29. The summed E-state index contributed by atoms with van der Waals surface area (Å²) in [6, 6.07) is 5.70. The van der Waals surface area contributed by atoms with Gasteiger partial charge in [0, 0.05) is 30.4 Å². The molecular weight excluding hydrogens is 191 g/mol. The minimum Gasteiger partial charge on any atom is -0.368 e. The van der Waals surface area contributed by atoms with E-state index < -0.39 is 0 Å². The molecule has 1 saturated heterocycles. The molecule has 0 saturated carbocycles. The van der Waals surface area contributed by atoms with Gasteiger partial charge in [0.15, 0.2) is 0 Å². The molecule has 3 heteroatoms. The van der Waals surface area contributed by atoms with Crippen molar-refractivity contribution < 1.29 is 4.39 Å². The number of hydrogen-bond acceptors (Lipinski definition) is 2. The number of hydrogen-bond donors (Lipinski definition) is 1. The van der Waals surface area contributed by atoms with Crippen molar-refractivity contribution in [3.05, 3.63) is 29.6 Å². The summed E-state index contributed by atoms with van der Waals surface area (Å²) in [6.07, 6.45) is 2.36. The molecule has 1 aliphatic rings. The van der Waals surface area contributed by atoms with Gasteiger partial charge >= 0.3 is 0 Å². The lowest BCUT2D eigenvalue weighted by Gasteiger charge is -2.26. The molecule has 0 aromatic heterocycles. The van der Waals surface area contributed by atoms with E-state index in [4.69, 9.17) is 5.73 Å². The molecule has 1 heterocycles. The molecular formula is C12H17FN2. The summed E-state index contributed by atoms with van der Waals surface area (Å²) in [5, 5.41) is 0. The van der Waals surface area contributed by atoms with E-state index in [0.717, 1.165) is 12.2 Å². The second kappa shape index (κ2) is 4.19. The van der Waals surface area contributed by atoms with E-state index in [9.17, 15) is 4.39 Å². The van der Waals surface area contributed by atoms with Crippen LogP contribution in [0.3, 0.4) is 0 Å². The second-order valence-corrected chi connectivity index (χ2v) is 4.13. The predicted octanol–water partition coefficient (Wildman–Crippen LogP) is 2.27. The molecule has 1 aromatic carbocycles. The summed E-state index contributed by atoms with van der Waals surface area (Å²) >= 11 is 0. The van der Waals surface area contributed by atoms with Crippen LogP contribution >= 0.6 is 0 Å². The highest BCUT2D eigenvalue weighted by Gasteiger charge is 2.23. The zero-order valence-electron chi connectivity index (χ0n) is 9.04. The van der Waals surface area contributed by atoms with E-state index in [2.05, 4.69) is 11.8 Å². The topological polar surface area (TPSA) is 29.3 Å². The fraction of sp³-hybridized carbons (Fsp3) is 0.500. The van der Waals surface area contributed by atoms with Crippen molar-refractivity contribution in [1.82, 2.24) is 0 Å². The Morgan fingerprint density at radius 1 is 1.53 bits per heavy atom.